The van der Waals surface area contributed by atoms with Crippen molar-refractivity contribution >= 4 is 5.95 Å². The summed E-state index contributed by atoms with van der Waals surface area (Å²) in [6.45, 7) is 4.59. The SMILES string of the molecule is CC1(CN)CCCN(c2n[nH]c(-c3c[nH]ccc3=O)n2)C1. The fourth-order valence-corrected chi connectivity index (χ4v) is 2.77. The molecule has 3 heterocycles. The van der Waals surface area contributed by atoms with Crippen molar-refractivity contribution < 1.29 is 0 Å². The van der Waals surface area contributed by atoms with Crippen molar-refractivity contribution in [3.8, 4) is 11.4 Å². The van der Waals surface area contributed by atoms with E-state index >= 15 is 0 Å². The van der Waals surface area contributed by atoms with Crippen LogP contribution in [-0.2, 0) is 0 Å². The van der Waals surface area contributed by atoms with Crippen molar-refractivity contribution in [2.75, 3.05) is 24.5 Å². The van der Waals surface area contributed by atoms with Crippen LogP contribution in [0.3, 0.4) is 0 Å². The highest BCUT2D eigenvalue weighted by atomic mass is 16.1. The van der Waals surface area contributed by atoms with Crippen LogP contribution in [-0.4, -0.2) is 39.8 Å². The molecule has 0 aliphatic carbocycles. The summed E-state index contributed by atoms with van der Waals surface area (Å²) in [6, 6.07) is 1.48. The molecule has 7 nitrogen and oxygen atoms in total. The van der Waals surface area contributed by atoms with E-state index in [1.54, 1.807) is 12.4 Å². The van der Waals surface area contributed by atoms with E-state index in [1.807, 2.05) is 0 Å². The number of H-pyrrole nitrogens is 2. The van der Waals surface area contributed by atoms with Crippen LogP contribution in [0.4, 0.5) is 5.95 Å². The molecular weight excluding hydrogens is 268 g/mol. The Labute approximate surface area is 122 Å². The molecule has 3 rings (SSSR count). The average molecular weight is 288 g/mol. The van der Waals surface area contributed by atoms with E-state index in [2.05, 4.69) is 32.0 Å². The first-order chi connectivity index (χ1) is 10.1. The third-order valence-corrected chi connectivity index (χ3v) is 4.11. The first-order valence-electron chi connectivity index (χ1n) is 7.16. The van der Waals surface area contributed by atoms with Gasteiger partial charge in [-0.2, -0.15) is 4.98 Å². The van der Waals surface area contributed by atoms with E-state index in [9.17, 15) is 4.79 Å². The molecule has 1 atom stereocenters. The maximum absolute atomic E-state index is 11.8. The average Bonchev–Trinajstić information content (AvgIpc) is 2.97. The van der Waals surface area contributed by atoms with E-state index < -0.39 is 0 Å². The van der Waals surface area contributed by atoms with Gasteiger partial charge in [-0.15, -0.1) is 5.10 Å². The topological polar surface area (TPSA) is 104 Å². The third kappa shape index (κ3) is 2.69. The molecule has 0 amide bonds. The first kappa shape index (κ1) is 13.8. The molecule has 0 spiro atoms. The lowest BCUT2D eigenvalue weighted by Crippen LogP contribution is -2.46. The van der Waals surface area contributed by atoms with Crippen molar-refractivity contribution in [3.63, 3.8) is 0 Å². The van der Waals surface area contributed by atoms with Crippen molar-refractivity contribution in [1.82, 2.24) is 20.2 Å². The fourth-order valence-electron chi connectivity index (χ4n) is 2.77. The Morgan fingerprint density at radius 1 is 1.52 bits per heavy atom. The molecule has 0 radical (unpaired) electrons. The van der Waals surface area contributed by atoms with Crippen LogP contribution < -0.4 is 16.1 Å². The van der Waals surface area contributed by atoms with Crippen molar-refractivity contribution in [3.05, 3.63) is 28.7 Å². The monoisotopic (exact) mass is 288 g/mol. The number of hydrogen-bond acceptors (Lipinski definition) is 5. The summed E-state index contributed by atoms with van der Waals surface area (Å²) >= 11 is 0. The predicted octanol–water partition coefficient (Wildman–Crippen LogP) is 0.725. The van der Waals surface area contributed by atoms with Gasteiger partial charge in [-0.1, -0.05) is 6.92 Å². The maximum Gasteiger partial charge on any atom is 0.245 e. The Kier molecular flexibility index (Phi) is 3.50. The number of aromatic nitrogens is 4. The molecule has 112 valence electrons. The molecular formula is C14H20N6O. The summed E-state index contributed by atoms with van der Waals surface area (Å²) in [5.41, 5.74) is 6.39. The Morgan fingerprint density at radius 2 is 2.38 bits per heavy atom. The Bertz CT molecular complexity index is 678. The van der Waals surface area contributed by atoms with Gasteiger partial charge < -0.3 is 15.6 Å². The Balaban J connectivity index is 1.85. The molecule has 21 heavy (non-hydrogen) atoms. The number of nitrogens with zero attached hydrogens (tertiary/aromatic N) is 3. The maximum atomic E-state index is 11.8. The number of nitrogens with two attached hydrogens (primary N) is 1. The van der Waals surface area contributed by atoms with Gasteiger partial charge in [-0.25, -0.2) is 0 Å². The summed E-state index contributed by atoms with van der Waals surface area (Å²) in [7, 11) is 0. The summed E-state index contributed by atoms with van der Waals surface area (Å²) in [5.74, 6) is 1.12. The van der Waals surface area contributed by atoms with Gasteiger partial charge in [-0.05, 0) is 24.8 Å². The van der Waals surface area contributed by atoms with Crippen molar-refractivity contribution in [1.29, 1.82) is 0 Å². The molecule has 0 saturated carbocycles. The van der Waals surface area contributed by atoms with Gasteiger partial charge in [0.1, 0.15) is 0 Å². The number of hydrogen-bond donors (Lipinski definition) is 3. The van der Waals surface area contributed by atoms with Crippen molar-refractivity contribution in [2.24, 2.45) is 11.1 Å². The number of rotatable bonds is 3. The van der Waals surface area contributed by atoms with Crippen LogP contribution in [0.5, 0.6) is 0 Å². The number of pyridine rings is 1. The molecule has 2 aromatic heterocycles. The Morgan fingerprint density at radius 3 is 3.14 bits per heavy atom. The van der Waals surface area contributed by atoms with E-state index in [0.29, 0.717) is 23.9 Å². The van der Waals surface area contributed by atoms with Crippen LogP contribution in [0.2, 0.25) is 0 Å². The zero-order valence-electron chi connectivity index (χ0n) is 12.1. The molecule has 1 aliphatic heterocycles. The van der Waals surface area contributed by atoms with Crippen LogP contribution in [0, 0.1) is 5.41 Å². The second kappa shape index (κ2) is 5.33. The number of anilines is 1. The quantitative estimate of drug-likeness (QED) is 0.772. The fraction of sp³-hybridized carbons (Fsp3) is 0.500. The smallest absolute Gasteiger partial charge is 0.245 e. The van der Waals surface area contributed by atoms with E-state index in [4.69, 9.17) is 5.73 Å². The van der Waals surface area contributed by atoms with Crippen LogP contribution in [0.15, 0.2) is 23.3 Å². The molecule has 1 aliphatic rings. The van der Waals surface area contributed by atoms with Crippen LogP contribution in [0.1, 0.15) is 19.8 Å². The zero-order chi connectivity index (χ0) is 14.9. The normalized spacial score (nSPS) is 22.5. The van der Waals surface area contributed by atoms with Gasteiger partial charge in [0, 0.05) is 31.5 Å². The minimum Gasteiger partial charge on any atom is -0.367 e. The summed E-state index contributed by atoms with van der Waals surface area (Å²) in [4.78, 5) is 21.3. The Hall–Kier alpha value is -2.15. The van der Waals surface area contributed by atoms with Gasteiger partial charge in [0.25, 0.3) is 0 Å². The third-order valence-electron chi connectivity index (χ3n) is 4.11. The van der Waals surface area contributed by atoms with E-state index in [0.717, 1.165) is 25.9 Å². The molecule has 4 N–H and O–H groups in total. The van der Waals surface area contributed by atoms with Gasteiger partial charge in [-0.3, -0.25) is 9.89 Å². The largest absolute Gasteiger partial charge is 0.367 e. The molecule has 1 unspecified atom stereocenters. The summed E-state index contributed by atoms with van der Waals surface area (Å²) < 4.78 is 0. The molecule has 0 bridgehead atoms. The zero-order valence-corrected chi connectivity index (χ0v) is 12.1. The van der Waals surface area contributed by atoms with Gasteiger partial charge in [0.05, 0.1) is 5.56 Å². The molecule has 1 saturated heterocycles. The lowest BCUT2D eigenvalue weighted by Gasteiger charge is -2.39. The van der Waals surface area contributed by atoms with Gasteiger partial charge >= 0.3 is 0 Å². The minimum atomic E-state index is -0.0816. The van der Waals surface area contributed by atoms with Gasteiger partial charge in [0.2, 0.25) is 5.95 Å². The second-order valence-corrected chi connectivity index (χ2v) is 5.95. The van der Waals surface area contributed by atoms with E-state index in [-0.39, 0.29) is 10.8 Å². The van der Waals surface area contributed by atoms with Gasteiger partial charge in [0.15, 0.2) is 11.3 Å². The number of aromatic amines is 2. The minimum absolute atomic E-state index is 0.0816. The number of piperidine rings is 1. The highest BCUT2D eigenvalue weighted by Crippen LogP contribution is 2.30. The number of nitrogens with one attached hydrogen (secondary N) is 2. The van der Waals surface area contributed by atoms with Crippen molar-refractivity contribution in [2.45, 2.75) is 19.8 Å². The second-order valence-electron chi connectivity index (χ2n) is 5.95. The van der Waals surface area contributed by atoms with Crippen LogP contribution >= 0.6 is 0 Å². The highest BCUT2D eigenvalue weighted by Gasteiger charge is 2.31. The van der Waals surface area contributed by atoms with E-state index in [1.165, 1.54) is 6.07 Å². The summed E-state index contributed by atoms with van der Waals surface area (Å²) in [5, 5.41) is 7.10. The lowest BCUT2D eigenvalue weighted by molar-refractivity contribution is 0.270. The molecule has 7 heteroatoms. The van der Waals surface area contributed by atoms with Crippen LogP contribution in [0.25, 0.3) is 11.4 Å². The predicted molar refractivity (Wildman–Crippen MR) is 81.0 cm³/mol. The molecule has 1 fully saturated rings. The lowest BCUT2D eigenvalue weighted by atomic mass is 9.82. The molecule has 2 aromatic rings. The molecule has 0 aromatic carbocycles. The highest BCUT2D eigenvalue weighted by molar-refractivity contribution is 5.54. The first-order valence-corrected chi connectivity index (χ1v) is 7.16. The summed E-state index contributed by atoms with van der Waals surface area (Å²) in [6.07, 6.45) is 5.42. The standard InChI is InChI=1S/C14H20N6O/c1-14(8-15)4-2-6-20(9-14)13-17-12(18-19-13)10-7-16-5-3-11(10)21/h3,5,7H,2,4,6,8-9,15H2,1H3,(H,16,21)(H,17,18,19).